The highest BCUT2D eigenvalue weighted by molar-refractivity contribution is 6.03. The third-order valence-electron chi connectivity index (χ3n) is 3.02. The molecule has 3 N–H and O–H groups in total. The zero-order chi connectivity index (χ0) is 18.4. The van der Waals surface area contributed by atoms with Crippen molar-refractivity contribution in [2.45, 2.75) is 6.92 Å². The van der Waals surface area contributed by atoms with Crippen LogP contribution in [0.15, 0.2) is 70.2 Å². The summed E-state index contributed by atoms with van der Waals surface area (Å²) in [5.41, 5.74) is -0.259. The smallest absolute Gasteiger partial charge is 0.279 e. The van der Waals surface area contributed by atoms with Crippen molar-refractivity contribution >= 4 is 23.0 Å². The van der Waals surface area contributed by atoms with Crippen molar-refractivity contribution in [3.8, 4) is 5.75 Å². The maximum absolute atomic E-state index is 12.2. The van der Waals surface area contributed by atoms with Crippen molar-refractivity contribution < 1.29 is 19.9 Å². The number of carbonyl (C=O) groups is 1. The van der Waals surface area contributed by atoms with E-state index in [2.05, 4.69) is 15.5 Å². The van der Waals surface area contributed by atoms with Gasteiger partial charge in [-0.15, -0.1) is 10.2 Å². The van der Waals surface area contributed by atoms with Crippen molar-refractivity contribution in [3.63, 3.8) is 0 Å². The van der Waals surface area contributed by atoms with Gasteiger partial charge >= 0.3 is 0 Å². The molecule has 0 radical (unpaired) electrons. The summed E-state index contributed by atoms with van der Waals surface area (Å²) < 4.78 is 0. The standard InChI is InChI=1S/C16H14N4O5/c1-10(21)15(16(23)17-11-5-3-2-4-6-11)19-18-13-8-7-12(20(24)25)9-14(13)22/h2-9,21-22H,1H3,(H,17,23)/b15-10-,19-18?. The molecule has 0 fully saturated rings. The zero-order valence-corrected chi connectivity index (χ0v) is 13.1. The summed E-state index contributed by atoms with van der Waals surface area (Å²) in [6.07, 6.45) is 0. The molecule has 0 aliphatic heterocycles. The molecule has 1 amide bonds. The molecular formula is C16H14N4O5. The van der Waals surface area contributed by atoms with E-state index in [9.17, 15) is 25.1 Å². The van der Waals surface area contributed by atoms with Gasteiger partial charge in [0, 0.05) is 11.8 Å². The Kier molecular flexibility index (Phi) is 5.41. The van der Waals surface area contributed by atoms with Gasteiger partial charge in [-0.1, -0.05) is 18.2 Å². The number of aliphatic hydroxyl groups is 1. The van der Waals surface area contributed by atoms with Crippen LogP contribution in [-0.4, -0.2) is 21.0 Å². The number of azo groups is 1. The molecule has 128 valence electrons. The lowest BCUT2D eigenvalue weighted by Gasteiger charge is -2.05. The van der Waals surface area contributed by atoms with Crippen LogP contribution in [0.3, 0.4) is 0 Å². The Labute approximate surface area is 142 Å². The molecule has 0 atom stereocenters. The normalized spacial score (nSPS) is 11.9. The summed E-state index contributed by atoms with van der Waals surface area (Å²) in [7, 11) is 0. The molecule has 0 saturated heterocycles. The van der Waals surface area contributed by atoms with Gasteiger partial charge in [0.25, 0.3) is 11.6 Å². The number of non-ortho nitro benzene ring substituents is 1. The maximum atomic E-state index is 12.2. The second kappa shape index (κ2) is 7.68. The minimum Gasteiger partial charge on any atom is -0.510 e. The zero-order valence-electron chi connectivity index (χ0n) is 13.1. The molecule has 9 nitrogen and oxygen atoms in total. The largest absolute Gasteiger partial charge is 0.510 e. The van der Waals surface area contributed by atoms with E-state index in [1.165, 1.54) is 13.0 Å². The topological polar surface area (TPSA) is 137 Å². The van der Waals surface area contributed by atoms with E-state index in [0.717, 1.165) is 12.1 Å². The number of hydrogen-bond donors (Lipinski definition) is 3. The van der Waals surface area contributed by atoms with Gasteiger partial charge in [-0.3, -0.25) is 14.9 Å². The molecule has 2 rings (SSSR count). The molecular weight excluding hydrogens is 328 g/mol. The lowest BCUT2D eigenvalue weighted by molar-refractivity contribution is -0.384. The predicted octanol–water partition coefficient (Wildman–Crippen LogP) is 3.81. The van der Waals surface area contributed by atoms with Crippen LogP contribution in [0, 0.1) is 10.1 Å². The third-order valence-corrected chi connectivity index (χ3v) is 3.02. The number of nitrogens with zero attached hydrogens (tertiary/aromatic N) is 3. The number of aliphatic hydroxyl groups excluding tert-OH is 1. The highest BCUT2D eigenvalue weighted by Crippen LogP contribution is 2.31. The maximum Gasteiger partial charge on any atom is 0.279 e. The molecule has 0 saturated carbocycles. The molecule has 0 aliphatic rings. The molecule has 2 aromatic rings. The number of hydrogen-bond acceptors (Lipinski definition) is 7. The van der Waals surface area contributed by atoms with Gasteiger partial charge in [0.1, 0.15) is 17.2 Å². The Balaban J connectivity index is 2.22. The Bertz CT molecular complexity index is 858. The predicted molar refractivity (Wildman–Crippen MR) is 89.7 cm³/mol. The first-order valence-corrected chi connectivity index (χ1v) is 7.04. The summed E-state index contributed by atoms with van der Waals surface area (Å²) in [4.78, 5) is 22.1. The summed E-state index contributed by atoms with van der Waals surface area (Å²) in [5, 5.41) is 39.8. The van der Waals surface area contributed by atoms with Crippen LogP contribution in [0.4, 0.5) is 17.1 Å². The summed E-state index contributed by atoms with van der Waals surface area (Å²) in [6.45, 7) is 1.26. The number of amides is 1. The summed E-state index contributed by atoms with van der Waals surface area (Å²) >= 11 is 0. The molecule has 0 aromatic heterocycles. The van der Waals surface area contributed by atoms with E-state index >= 15 is 0 Å². The van der Waals surface area contributed by atoms with Crippen molar-refractivity contribution in [2.24, 2.45) is 10.2 Å². The third kappa shape index (κ3) is 4.61. The number of nitrogens with one attached hydrogen (secondary N) is 1. The Morgan fingerprint density at radius 2 is 1.88 bits per heavy atom. The molecule has 0 bridgehead atoms. The number of phenolic OH excluding ortho intramolecular Hbond substituents is 1. The number of allylic oxidation sites excluding steroid dienone is 1. The van der Waals surface area contributed by atoms with E-state index in [-0.39, 0.29) is 22.8 Å². The molecule has 2 aromatic carbocycles. The van der Waals surface area contributed by atoms with Gasteiger partial charge in [-0.2, -0.15) is 0 Å². The number of para-hydroxylation sites is 1. The van der Waals surface area contributed by atoms with Crippen molar-refractivity contribution in [1.82, 2.24) is 0 Å². The van der Waals surface area contributed by atoms with Crippen molar-refractivity contribution in [3.05, 3.63) is 70.1 Å². The molecule has 0 heterocycles. The quantitative estimate of drug-likeness (QED) is 0.249. The number of rotatable bonds is 5. The molecule has 0 aliphatic carbocycles. The Hall–Kier alpha value is -3.75. The summed E-state index contributed by atoms with van der Waals surface area (Å²) in [6, 6.07) is 11.8. The van der Waals surface area contributed by atoms with Gasteiger partial charge < -0.3 is 15.5 Å². The SMILES string of the molecule is C/C(O)=C(/N=Nc1ccc([N+](=O)[O-])cc1O)C(=O)Nc1ccccc1. The van der Waals surface area contributed by atoms with E-state index < -0.39 is 16.6 Å². The second-order valence-electron chi connectivity index (χ2n) is 4.88. The van der Waals surface area contributed by atoms with Crippen LogP contribution >= 0.6 is 0 Å². The van der Waals surface area contributed by atoms with Gasteiger partial charge in [0.15, 0.2) is 5.70 Å². The summed E-state index contributed by atoms with van der Waals surface area (Å²) in [5.74, 6) is -1.55. The second-order valence-corrected chi connectivity index (χ2v) is 4.88. The van der Waals surface area contributed by atoms with Crippen LogP contribution in [0.5, 0.6) is 5.75 Å². The van der Waals surface area contributed by atoms with Crippen LogP contribution in [0.25, 0.3) is 0 Å². The number of aromatic hydroxyl groups is 1. The molecule has 9 heteroatoms. The van der Waals surface area contributed by atoms with Gasteiger partial charge in [-0.25, -0.2) is 0 Å². The Morgan fingerprint density at radius 1 is 1.20 bits per heavy atom. The van der Waals surface area contributed by atoms with E-state index in [0.29, 0.717) is 5.69 Å². The van der Waals surface area contributed by atoms with Crippen LogP contribution < -0.4 is 5.32 Å². The first-order chi connectivity index (χ1) is 11.9. The fraction of sp³-hybridized carbons (Fsp3) is 0.0625. The van der Waals surface area contributed by atoms with Gasteiger partial charge in [0.2, 0.25) is 0 Å². The highest BCUT2D eigenvalue weighted by atomic mass is 16.6. The lowest BCUT2D eigenvalue weighted by atomic mass is 10.2. The minimum absolute atomic E-state index is 0.0862. The first-order valence-electron chi connectivity index (χ1n) is 7.04. The lowest BCUT2D eigenvalue weighted by Crippen LogP contribution is -2.14. The van der Waals surface area contributed by atoms with Crippen LogP contribution in [-0.2, 0) is 4.79 Å². The van der Waals surface area contributed by atoms with Crippen molar-refractivity contribution in [2.75, 3.05) is 5.32 Å². The Morgan fingerprint density at radius 3 is 2.44 bits per heavy atom. The molecule has 0 spiro atoms. The number of benzene rings is 2. The van der Waals surface area contributed by atoms with Crippen LogP contribution in [0.1, 0.15) is 6.92 Å². The first kappa shape index (κ1) is 17.6. The van der Waals surface area contributed by atoms with E-state index in [1.807, 2.05) is 0 Å². The van der Waals surface area contributed by atoms with E-state index in [1.54, 1.807) is 30.3 Å². The minimum atomic E-state index is -0.698. The number of anilines is 1. The average molecular weight is 342 g/mol. The monoisotopic (exact) mass is 342 g/mol. The number of nitro groups is 1. The number of nitro benzene ring substituents is 1. The fourth-order valence-electron chi connectivity index (χ4n) is 1.81. The number of carbonyl (C=O) groups excluding carboxylic acids is 1. The van der Waals surface area contributed by atoms with Gasteiger partial charge in [-0.05, 0) is 25.1 Å². The number of phenols is 1. The van der Waals surface area contributed by atoms with E-state index in [4.69, 9.17) is 0 Å². The average Bonchev–Trinajstić information content (AvgIpc) is 2.56. The molecule has 0 unspecified atom stereocenters. The van der Waals surface area contributed by atoms with Crippen LogP contribution in [0.2, 0.25) is 0 Å². The molecule has 25 heavy (non-hydrogen) atoms. The highest BCUT2D eigenvalue weighted by Gasteiger charge is 2.14. The van der Waals surface area contributed by atoms with Crippen molar-refractivity contribution in [1.29, 1.82) is 0 Å². The van der Waals surface area contributed by atoms with Gasteiger partial charge in [0.05, 0.1) is 11.0 Å². The fourth-order valence-corrected chi connectivity index (χ4v) is 1.81.